The van der Waals surface area contributed by atoms with Crippen molar-refractivity contribution in [1.29, 1.82) is 0 Å². The molecule has 2 unspecified atom stereocenters. The Kier molecular flexibility index (Phi) is 4.37. The van der Waals surface area contributed by atoms with E-state index in [1.54, 1.807) is 4.90 Å². The van der Waals surface area contributed by atoms with Gasteiger partial charge in [0.15, 0.2) is 5.03 Å². The maximum atomic E-state index is 12.6. The van der Waals surface area contributed by atoms with Crippen LogP contribution in [-0.4, -0.2) is 81.6 Å². The molecule has 23 heavy (non-hydrogen) atoms. The highest BCUT2D eigenvalue weighted by atomic mass is 32.2. The number of likely N-dealkylation sites (N-methyl/N-ethyl adjacent to an activating group) is 1. The molecular formula is C14H20N4O4S. The van der Waals surface area contributed by atoms with Gasteiger partial charge in [0.1, 0.15) is 0 Å². The summed E-state index contributed by atoms with van der Waals surface area (Å²) in [6.45, 7) is 2.69. The number of rotatable bonds is 3. The average molecular weight is 340 g/mol. The predicted molar refractivity (Wildman–Crippen MR) is 82.5 cm³/mol. The van der Waals surface area contributed by atoms with Crippen LogP contribution in [0.3, 0.4) is 0 Å². The third-order valence-corrected chi connectivity index (χ3v) is 5.72. The van der Waals surface area contributed by atoms with Crippen molar-refractivity contribution in [1.82, 2.24) is 19.5 Å². The summed E-state index contributed by atoms with van der Waals surface area (Å²) in [5.41, 5.74) is 0.376. The minimum atomic E-state index is -3.60. The number of sulfonamides is 1. The third kappa shape index (κ3) is 3.09. The number of aromatic nitrogens is 1. The Morgan fingerprint density at radius 2 is 2.17 bits per heavy atom. The summed E-state index contributed by atoms with van der Waals surface area (Å²) in [4.78, 5) is 20.4. The van der Waals surface area contributed by atoms with E-state index in [2.05, 4.69) is 14.6 Å². The number of carbonyl (C=O) groups excluding carboxylic acids is 1. The number of morpholine rings is 1. The summed E-state index contributed by atoms with van der Waals surface area (Å²) in [6.07, 6.45) is 1.34. The molecule has 1 aromatic rings. The molecule has 0 radical (unpaired) electrons. The van der Waals surface area contributed by atoms with Gasteiger partial charge in [-0.3, -0.25) is 9.69 Å². The van der Waals surface area contributed by atoms with Gasteiger partial charge >= 0.3 is 0 Å². The Balaban J connectivity index is 1.74. The number of nitrogens with one attached hydrogen (secondary N) is 1. The smallest absolute Gasteiger partial charge is 0.257 e. The molecule has 8 nitrogen and oxygen atoms in total. The molecule has 2 aliphatic heterocycles. The molecule has 2 atom stereocenters. The van der Waals surface area contributed by atoms with Crippen molar-refractivity contribution in [3.63, 3.8) is 0 Å². The zero-order valence-electron chi connectivity index (χ0n) is 13.1. The molecule has 0 bridgehead atoms. The molecule has 2 aliphatic rings. The first-order valence-corrected chi connectivity index (χ1v) is 8.91. The van der Waals surface area contributed by atoms with Crippen molar-refractivity contribution >= 4 is 15.9 Å². The van der Waals surface area contributed by atoms with Crippen molar-refractivity contribution in [2.75, 3.05) is 40.3 Å². The quantitative estimate of drug-likeness (QED) is 0.770. The van der Waals surface area contributed by atoms with E-state index in [1.165, 1.54) is 25.4 Å². The van der Waals surface area contributed by atoms with E-state index >= 15 is 0 Å². The largest absolute Gasteiger partial charge is 0.373 e. The highest BCUT2D eigenvalue weighted by molar-refractivity contribution is 7.89. The maximum absolute atomic E-state index is 12.6. The molecule has 1 N–H and O–H groups in total. The lowest BCUT2D eigenvalue weighted by molar-refractivity contribution is -0.0368. The minimum absolute atomic E-state index is 0.0367. The highest BCUT2D eigenvalue weighted by Crippen LogP contribution is 2.23. The topological polar surface area (TPSA) is 91.8 Å². The molecular weight excluding hydrogens is 320 g/mol. The summed E-state index contributed by atoms with van der Waals surface area (Å²) in [7, 11) is -0.244. The number of fused-ring (bicyclic) bond motifs is 1. The Hall–Kier alpha value is -1.55. The van der Waals surface area contributed by atoms with E-state index in [9.17, 15) is 13.2 Å². The summed E-state index contributed by atoms with van der Waals surface area (Å²) in [5.74, 6) is -0.155. The van der Waals surface area contributed by atoms with Crippen molar-refractivity contribution in [2.45, 2.75) is 17.2 Å². The van der Waals surface area contributed by atoms with E-state index in [-0.39, 0.29) is 23.1 Å². The molecule has 0 aliphatic carbocycles. The molecule has 126 valence electrons. The van der Waals surface area contributed by atoms with Crippen LogP contribution in [0.25, 0.3) is 0 Å². The summed E-state index contributed by atoms with van der Waals surface area (Å²) in [5, 5.41) is -0.102. The van der Waals surface area contributed by atoms with Gasteiger partial charge in [-0.15, -0.1) is 0 Å². The first-order valence-electron chi connectivity index (χ1n) is 7.43. The number of ether oxygens (including phenoxy) is 1. The third-order valence-electron chi connectivity index (χ3n) is 4.39. The summed E-state index contributed by atoms with van der Waals surface area (Å²) in [6, 6.07) is 3.04. The van der Waals surface area contributed by atoms with Gasteiger partial charge in [0.2, 0.25) is 0 Å². The van der Waals surface area contributed by atoms with E-state index in [4.69, 9.17) is 4.74 Å². The van der Waals surface area contributed by atoms with Crippen LogP contribution in [0.2, 0.25) is 0 Å². The van der Waals surface area contributed by atoms with Crippen molar-refractivity contribution < 1.29 is 17.9 Å². The van der Waals surface area contributed by atoms with Gasteiger partial charge < -0.3 is 9.64 Å². The molecule has 1 amide bonds. The number of carbonyl (C=O) groups is 1. The minimum Gasteiger partial charge on any atom is -0.373 e. The second-order valence-electron chi connectivity index (χ2n) is 5.76. The molecule has 0 spiro atoms. The van der Waals surface area contributed by atoms with E-state index in [1.807, 2.05) is 7.05 Å². The number of pyridine rings is 1. The van der Waals surface area contributed by atoms with E-state index in [0.29, 0.717) is 25.3 Å². The summed E-state index contributed by atoms with van der Waals surface area (Å²) < 4.78 is 31.2. The van der Waals surface area contributed by atoms with Crippen molar-refractivity contribution in [2.24, 2.45) is 0 Å². The second-order valence-corrected chi connectivity index (χ2v) is 7.59. The van der Waals surface area contributed by atoms with Crippen LogP contribution in [0.5, 0.6) is 0 Å². The van der Waals surface area contributed by atoms with Crippen LogP contribution in [0.15, 0.2) is 23.4 Å². The number of hydrogen-bond acceptors (Lipinski definition) is 6. The molecule has 0 aromatic carbocycles. The predicted octanol–water partition coefficient (Wildman–Crippen LogP) is -0.855. The van der Waals surface area contributed by atoms with Crippen LogP contribution in [0.4, 0.5) is 0 Å². The van der Waals surface area contributed by atoms with Crippen LogP contribution < -0.4 is 4.72 Å². The number of likely N-dealkylation sites (tertiary alicyclic amines) is 1. The van der Waals surface area contributed by atoms with Crippen LogP contribution in [0.1, 0.15) is 10.4 Å². The molecule has 2 saturated heterocycles. The van der Waals surface area contributed by atoms with E-state index < -0.39 is 10.0 Å². The Labute approximate surface area is 135 Å². The van der Waals surface area contributed by atoms with Crippen LogP contribution in [-0.2, 0) is 14.8 Å². The van der Waals surface area contributed by atoms with Crippen molar-refractivity contribution in [3.8, 4) is 0 Å². The number of nitrogens with zero attached hydrogens (tertiary/aromatic N) is 3. The number of hydrogen-bond donors (Lipinski definition) is 1. The fourth-order valence-corrected chi connectivity index (χ4v) is 3.62. The first kappa shape index (κ1) is 16.3. The zero-order chi connectivity index (χ0) is 16.6. The van der Waals surface area contributed by atoms with Gasteiger partial charge in [-0.05, 0) is 26.2 Å². The highest BCUT2D eigenvalue weighted by Gasteiger charge is 2.40. The van der Waals surface area contributed by atoms with Crippen LogP contribution >= 0.6 is 0 Å². The second kappa shape index (κ2) is 6.16. The molecule has 3 rings (SSSR count). The Bertz CT molecular complexity index is 691. The van der Waals surface area contributed by atoms with Crippen LogP contribution in [0, 0.1) is 0 Å². The Morgan fingerprint density at radius 3 is 2.78 bits per heavy atom. The standard InChI is InChI=1S/C14H20N4O4S/c1-15-23(20,21)13-4-3-10(7-16-13)14(19)18-8-11-12(9-18)22-6-5-17(11)2/h3-4,7,11-12,15H,5-6,8-9H2,1-2H3. The molecule has 9 heteroatoms. The zero-order valence-corrected chi connectivity index (χ0v) is 13.9. The SMILES string of the molecule is CNS(=O)(=O)c1ccc(C(=O)N2CC3OCCN(C)C3C2)cn1. The fraction of sp³-hybridized carbons (Fsp3) is 0.571. The lowest BCUT2D eigenvalue weighted by Crippen LogP contribution is -2.48. The monoisotopic (exact) mass is 340 g/mol. The molecule has 2 fully saturated rings. The molecule has 3 heterocycles. The average Bonchev–Trinajstić information content (AvgIpc) is 3.00. The van der Waals surface area contributed by atoms with E-state index in [0.717, 1.165) is 6.54 Å². The van der Waals surface area contributed by atoms with Gasteiger partial charge in [-0.1, -0.05) is 0 Å². The lowest BCUT2D eigenvalue weighted by atomic mass is 10.1. The van der Waals surface area contributed by atoms with Gasteiger partial charge in [-0.25, -0.2) is 18.1 Å². The molecule has 0 saturated carbocycles. The number of amides is 1. The maximum Gasteiger partial charge on any atom is 0.257 e. The Morgan fingerprint density at radius 1 is 1.39 bits per heavy atom. The van der Waals surface area contributed by atoms with Gasteiger partial charge in [0.05, 0.1) is 24.3 Å². The van der Waals surface area contributed by atoms with Gasteiger partial charge in [-0.2, -0.15) is 0 Å². The lowest BCUT2D eigenvalue weighted by Gasteiger charge is -2.33. The van der Waals surface area contributed by atoms with Crippen molar-refractivity contribution in [3.05, 3.63) is 23.9 Å². The van der Waals surface area contributed by atoms with Gasteiger partial charge in [0.25, 0.3) is 15.9 Å². The van der Waals surface area contributed by atoms with Gasteiger partial charge in [0, 0.05) is 25.8 Å². The fourth-order valence-electron chi connectivity index (χ4n) is 2.98. The summed E-state index contributed by atoms with van der Waals surface area (Å²) >= 11 is 0. The normalized spacial score (nSPS) is 25.4. The first-order chi connectivity index (χ1) is 10.9. The molecule has 1 aromatic heterocycles.